The molecule has 2 aromatic heterocycles. The van der Waals surface area contributed by atoms with Crippen LogP contribution in [0.4, 0.5) is 11.6 Å². The molecule has 0 atom stereocenters. The molecular weight excluding hydrogens is 228 g/mol. The Morgan fingerprint density at radius 1 is 0.667 bits per heavy atom. The molecule has 0 aliphatic carbocycles. The van der Waals surface area contributed by atoms with Crippen molar-refractivity contribution in [2.24, 2.45) is 0 Å². The summed E-state index contributed by atoms with van der Waals surface area (Å²) in [6.07, 6.45) is 10.4. The first-order valence-electron chi connectivity index (χ1n) is 5.95. The van der Waals surface area contributed by atoms with E-state index in [9.17, 15) is 0 Å². The van der Waals surface area contributed by atoms with Crippen molar-refractivity contribution >= 4 is 11.6 Å². The summed E-state index contributed by atoms with van der Waals surface area (Å²) >= 11 is 0. The summed E-state index contributed by atoms with van der Waals surface area (Å²) in [6, 6.07) is 0. The smallest absolute Gasteiger partial charge is 0.147 e. The van der Waals surface area contributed by atoms with Crippen molar-refractivity contribution in [2.75, 3.05) is 36.0 Å². The topological polar surface area (TPSA) is 58.0 Å². The van der Waals surface area contributed by atoms with Gasteiger partial charge in [0.2, 0.25) is 0 Å². The van der Waals surface area contributed by atoms with Crippen LogP contribution in [0.3, 0.4) is 0 Å². The predicted molar refractivity (Wildman–Crippen MR) is 68.5 cm³/mol. The van der Waals surface area contributed by atoms with E-state index in [0.29, 0.717) is 0 Å². The lowest BCUT2D eigenvalue weighted by Crippen LogP contribution is -2.47. The van der Waals surface area contributed by atoms with Crippen LogP contribution >= 0.6 is 0 Å². The average molecular weight is 242 g/mol. The van der Waals surface area contributed by atoms with Crippen LogP contribution in [0.1, 0.15) is 0 Å². The van der Waals surface area contributed by atoms with Crippen molar-refractivity contribution in [1.29, 1.82) is 0 Å². The fraction of sp³-hybridized carbons (Fsp3) is 0.333. The van der Waals surface area contributed by atoms with Gasteiger partial charge in [-0.1, -0.05) is 0 Å². The Bertz CT molecular complexity index is 433. The summed E-state index contributed by atoms with van der Waals surface area (Å²) in [5, 5.41) is 0. The maximum atomic E-state index is 4.32. The van der Waals surface area contributed by atoms with Crippen LogP contribution in [-0.2, 0) is 0 Å². The molecule has 92 valence electrons. The van der Waals surface area contributed by atoms with Gasteiger partial charge in [0, 0.05) is 51.0 Å². The fourth-order valence-corrected chi connectivity index (χ4v) is 2.07. The van der Waals surface area contributed by atoms with Gasteiger partial charge in [0.1, 0.15) is 11.6 Å². The highest BCUT2D eigenvalue weighted by atomic mass is 15.3. The molecule has 0 radical (unpaired) electrons. The molecule has 0 saturated carbocycles. The molecule has 6 nitrogen and oxygen atoms in total. The van der Waals surface area contributed by atoms with Crippen molar-refractivity contribution in [2.45, 2.75) is 0 Å². The van der Waals surface area contributed by atoms with E-state index < -0.39 is 0 Å². The van der Waals surface area contributed by atoms with E-state index >= 15 is 0 Å². The SMILES string of the molecule is c1cnc(N2CCN(c3cnccn3)CC2)cn1. The molecule has 1 fully saturated rings. The van der Waals surface area contributed by atoms with Crippen molar-refractivity contribution < 1.29 is 0 Å². The van der Waals surface area contributed by atoms with E-state index in [1.807, 2.05) is 0 Å². The van der Waals surface area contributed by atoms with Crippen LogP contribution in [0.15, 0.2) is 37.2 Å². The Kier molecular flexibility index (Phi) is 2.99. The molecule has 0 spiro atoms. The van der Waals surface area contributed by atoms with Gasteiger partial charge in [-0.15, -0.1) is 0 Å². The number of hydrogen-bond acceptors (Lipinski definition) is 6. The quantitative estimate of drug-likeness (QED) is 0.768. The summed E-state index contributed by atoms with van der Waals surface area (Å²) in [5.74, 6) is 1.88. The molecule has 1 aliphatic rings. The summed E-state index contributed by atoms with van der Waals surface area (Å²) < 4.78 is 0. The monoisotopic (exact) mass is 242 g/mol. The van der Waals surface area contributed by atoms with Crippen molar-refractivity contribution in [3.05, 3.63) is 37.2 Å². The normalized spacial score (nSPS) is 15.8. The number of aromatic nitrogens is 4. The van der Waals surface area contributed by atoms with E-state index in [2.05, 4.69) is 29.7 Å². The van der Waals surface area contributed by atoms with Crippen LogP contribution in [-0.4, -0.2) is 46.1 Å². The van der Waals surface area contributed by atoms with Gasteiger partial charge in [0.25, 0.3) is 0 Å². The van der Waals surface area contributed by atoms with Gasteiger partial charge < -0.3 is 9.80 Å². The van der Waals surface area contributed by atoms with E-state index in [1.165, 1.54) is 0 Å². The second-order valence-corrected chi connectivity index (χ2v) is 4.10. The third kappa shape index (κ3) is 2.22. The molecule has 18 heavy (non-hydrogen) atoms. The molecule has 3 rings (SSSR count). The van der Waals surface area contributed by atoms with Crippen LogP contribution < -0.4 is 9.80 Å². The summed E-state index contributed by atoms with van der Waals surface area (Å²) in [4.78, 5) is 21.3. The van der Waals surface area contributed by atoms with Gasteiger partial charge in [-0.3, -0.25) is 9.97 Å². The van der Waals surface area contributed by atoms with Gasteiger partial charge in [-0.05, 0) is 0 Å². The molecule has 1 saturated heterocycles. The lowest BCUT2D eigenvalue weighted by molar-refractivity contribution is 0.639. The first kappa shape index (κ1) is 10.9. The highest BCUT2D eigenvalue weighted by molar-refractivity contribution is 5.42. The number of piperazine rings is 1. The summed E-state index contributed by atoms with van der Waals surface area (Å²) in [6.45, 7) is 3.70. The number of hydrogen-bond donors (Lipinski definition) is 0. The molecule has 0 bridgehead atoms. The van der Waals surface area contributed by atoms with Gasteiger partial charge in [0.15, 0.2) is 0 Å². The van der Waals surface area contributed by atoms with Crippen LogP contribution in [0.25, 0.3) is 0 Å². The Morgan fingerprint density at radius 2 is 1.11 bits per heavy atom. The minimum absolute atomic E-state index is 0.926. The van der Waals surface area contributed by atoms with Crippen molar-refractivity contribution in [3.63, 3.8) is 0 Å². The largest absolute Gasteiger partial charge is 0.352 e. The third-order valence-corrected chi connectivity index (χ3v) is 3.03. The Labute approximate surface area is 105 Å². The molecule has 0 amide bonds. The fourth-order valence-electron chi connectivity index (χ4n) is 2.07. The van der Waals surface area contributed by atoms with Crippen molar-refractivity contribution in [3.8, 4) is 0 Å². The first-order valence-corrected chi connectivity index (χ1v) is 5.95. The minimum atomic E-state index is 0.926. The molecule has 3 heterocycles. The maximum Gasteiger partial charge on any atom is 0.147 e. The van der Waals surface area contributed by atoms with Gasteiger partial charge in [-0.2, -0.15) is 0 Å². The van der Waals surface area contributed by atoms with E-state index in [-0.39, 0.29) is 0 Å². The second-order valence-electron chi connectivity index (χ2n) is 4.10. The molecule has 1 aliphatic heterocycles. The van der Waals surface area contributed by atoms with Crippen LogP contribution in [0, 0.1) is 0 Å². The summed E-state index contributed by atoms with van der Waals surface area (Å²) in [5.41, 5.74) is 0. The minimum Gasteiger partial charge on any atom is -0.352 e. The van der Waals surface area contributed by atoms with Gasteiger partial charge in [0.05, 0.1) is 12.4 Å². The summed E-state index contributed by atoms with van der Waals surface area (Å²) in [7, 11) is 0. The Balaban J connectivity index is 1.65. The number of nitrogens with zero attached hydrogens (tertiary/aromatic N) is 6. The molecule has 0 unspecified atom stereocenters. The first-order chi connectivity index (χ1) is 8.93. The van der Waals surface area contributed by atoms with E-state index in [4.69, 9.17) is 0 Å². The van der Waals surface area contributed by atoms with Crippen LogP contribution in [0.2, 0.25) is 0 Å². The van der Waals surface area contributed by atoms with Gasteiger partial charge >= 0.3 is 0 Å². The number of anilines is 2. The Hall–Kier alpha value is -2.24. The average Bonchev–Trinajstić information content (AvgIpc) is 2.49. The van der Waals surface area contributed by atoms with Crippen LogP contribution in [0.5, 0.6) is 0 Å². The number of rotatable bonds is 2. The zero-order valence-electron chi connectivity index (χ0n) is 9.98. The van der Waals surface area contributed by atoms with E-state index in [1.54, 1.807) is 37.2 Å². The molecule has 2 aromatic rings. The van der Waals surface area contributed by atoms with Gasteiger partial charge in [-0.25, -0.2) is 9.97 Å². The zero-order valence-corrected chi connectivity index (χ0v) is 9.98. The lowest BCUT2D eigenvalue weighted by atomic mass is 10.3. The molecule has 0 N–H and O–H groups in total. The highest BCUT2D eigenvalue weighted by Gasteiger charge is 2.18. The maximum absolute atomic E-state index is 4.32. The molecule has 6 heteroatoms. The predicted octanol–water partition coefficient (Wildman–Crippen LogP) is 0.593. The molecule has 0 aromatic carbocycles. The molecular formula is C12H14N6. The van der Waals surface area contributed by atoms with Crippen molar-refractivity contribution in [1.82, 2.24) is 19.9 Å². The second kappa shape index (κ2) is 4.95. The zero-order chi connectivity index (χ0) is 12.2. The third-order valence-electron chi connectivity index (χ3n) is 3.03. The lowest BCUT2D eigenvalue weighted by Gasteiger charge is -2.35. The highest BCUT2D eigenvalue weighted by Crippen LogP contribution is 2.15. The van der Waals surface area contributed by atoms with E-state index in [0.717, 1.165) is 37.8 Å². The standard InChI is InChI=1S/C12H14N6/c1-3-15-11(9-13-1)17-5-7-18(8-6-17)12-10-14-2-4-16-12/h1-4,9-10H,5-8H2. The Morgan fingerprint density at radius 3 is 1.44 bits per heavy atom.